The van der Waals surface area contributed by atoms with E-state index >= 15 is 0 Å². The van der Waals surface area contributed by atoms with Crippen LogP contribution in [0.2, 0.25) is 0 Å². The van der Waals surface area contributed by atoms with Gasteiger partial charge in [0, 0.05) is 0 Å². The maximum atomic E-state index is 12.0. The predicted octanol–water partition coefficient (Wildman–Crippen LogP) is 1.79. The summed E-state index contributed by atoms with van der Waals surface area (Å²) in [4.78, 5) is 11.3. The third kappa shape index (κ3) is 4.86. The Morgan fingerprint density at radius 2 is 1.89 bits per heavy atom. The quantitative estimate of drug-likeness (QED) is 0.639. The third-order valence-corrected chi connectivity index (χ3v) is 2.04. The molecule has 0 spiro atoms. The zero-order chi connectivity index (χ0) is 13.6. The molecule has 7 heteroatoms. The minimum Gasteiger partial charge on any atom is -0.273 e. The van der Waals surface area contributed by atoms with Gasteiger partial charge in [-0.05, 0) is 12.5 Å². The smallest absolute Gasteiger partial charge is 0.273 e. The van der Waals surface area contributed by atoms with Gasteiger partial charge in [0.1, 0.15) is 5.71 Å². The number of benzene rings is 1. The normalized spacial score (nSPS) is 12.1. The molecule has 0 aliphatic carbocycles. The maximum absolute atomic E-state index is 12.0. The Balaban J connectivity index is 2.39. The van der Waals surface area contributed by atoms with Crippen molar-refractivity contribution in [2.45, 2.75) is 19.5 Å². The van der Waals surface area contributed by atoms with E-state index in [0.717, 1.165) is 12.5 Å². The summed E-state index contributed by atoms with van der Waals surface area (Å²) in [6, 6.07) is 8.81. The highest BCUT2D eigenvalue weighted by molar-refractivity contribution is 5.87. The van der Waals surface area contributed by atoms with E-state index in [1.54, 1.807) is 30.3 Å². The van der Waals surface area contributed by atoms with E-state index in [1.165, 1.54) is 0 Å². The summed E-state index contributed by atoms with van der Waals surface area (Å²) in [7, 11) is 0. The number of rotatable bonds is 4. The molecule has 98 valence electrons. The van der Waals surface area contributed by atoms with Crippen LogP contribution in [-0.2, 0) is 11.2 Å². The van der Waals surface area contributed by atoms with E-state index in [-0.39, 0.29) is 6.42 Å². The fourth-order valence-corrected chi connectivity index (χ4v) is 1.06. The highest BCUT2D eigenvalue weighted by Gasteiger charge is 2.32. The molecule has 1 aromatic rings. The summed E-state index contributed by atoms with van der Waals surface area (Å²) in [6.45, 7) is 0.802. The Bertz CT molecular complexity index is 429. The van der Waals surface area contributed by atoms with E-state index < -0.39 is 17.8 Å². The van der Waals surface area contributed by atoms with Crippen LogP contribution in [0.1, 0.15) is 12.5 Å². The molecular formula is C11H12F3N3O. The molecule has 0 saturated carbocycles. The van der Waals surface area contributed by atoms with Crippen molar-refractivity contribution in [2.75, 3.05) is 0 Å². The van der Waals surface area contributed by atoms with Crippen molar-refractivity contribution >= 4 is 11.6 Å². The van der Waals surface area contributed by atoms with Gasteiger partial charge in [0.15, 0.2) is 0 Å². The van der Waals surface area contributed by atoms with Gasteiger partial charge >= 0.3 is 6.18 Å². The summed E-state index contributed by atoms with van der Waals surface area (Å²) in [5, 5.41) is 2.99. The number of amides is 1. The molecule has 1 rings (SSSR count). The van der Waals surface area contributed by atoms with Crippen molar-refractivity contribution in [3.8, 4) is 0 Å². The molecule has 0 bridgehead atoms. The zero-order valence-electron chi connectivity index (χ0n) is 9.58. The molecule has 0 aromatic heterocycles. The highest BCUT2D eigenvalue weighted by atomic mass is 19.4. The topological polar surface area (TPSA) is 53.5 Å². The number of alkyl halides is 3. The second-order valence-electron chi connectivity index (χ2n) is 3.52. The van der Waals surface area contributed by atoms with Crippen LogP contribution in [0.5, 0.6) is 0 Å². The number of carbonyl (C=O) groups excluding carboxylic acids is 1. The maximum Gasteiger partial charge on any atom is 0.430 e. The van der Waals surface area contributed by atoms with Crippen molar-refractivity contribution in [2.24, 2.45) is 5.10 Å². The SMILES string of the molecule is C/C(=N/NNC(=O)Cc1ccccc1)C(F)(F)F. The highest BCUT2D eigenvalue weighted by Crippen LogP contribution is 2.15. The zero-order valence-corrected chi connectivity index (χ0v) is 9.58. The molecular weight excluding hydrogens is 247 g/mol. The van der Waals surface area contributed by atoms with Crippen molar-refractivity contribution in [1.29, 1.82) is 0 Å². The van der Waals surface area contributed by atoms with Gasteiger partial charge < -0.3 is 0 Å². The fourth-order valence-electron chi connectivity index (χ4n) is 1.06. The number of hydrazone groups is 1. The van der Waals surface area contributed by atoms with Crippen molar-refractivity contribution in [3.63, 3.8) is 0 Å². The van der Waals surface area contributed by atoms with E-state index in [4.69, 9.17) is 0 Å². The lowest BCUT2D eigenvalue weighted by Gasteiger charge is -2.07. The standard InChI is InChI=1S/C11H12F3N3O/c1-8(11(12,13)14)15-17-16-10(18)7-9-5-3-2-4-6-9/h2-6,17H,7H2,1H3,(H,16,18)/b15-8-. The number of nitrogens with zero attached hydrogens (tertiary/aromatic N) is 1. The number of hydrazine groups is 1. The molecule has 0 atom stereocenters. The number of hydrogen-bond acceptors (Lipinski definition) is 3. The Labute approximate surface area is 102 Å². The van der Waals surface area contributed by atoms with Gasteiger partial charge in [-0.1, -0.05) is 30.3 Å². The van der Waals surface area contributed by atoms with Crippen LogP contribution in [0.15, 0.2) is 35.4 Å². The van der Waals surface area contributed by atoms with Crippen LogP contribution < -0.4 is 11.0 Å². The van der Waals surface area contributed by atoms with Crippen LogP contribution in [0.25, 0.3) is 0 Å². The molecule has 1 aromatic carbocycles. The lowest BCUT2D eigenvalue weighted by atomic mass is 10.1. The Morgan fingerprint density at radius 1 is 1.28 bits per heavy atom. The van der Waals surface area contributed by atoms with Crippen LogP contribution in [0.3, 0.4) is 0 Å². The average molecular weight is 259 g/mol. The Hall–Kier alpha value is -2.05. The molecule has 18 heavy (non-hydrogen) atoms. The van der Waals surface area contributed by atoms with E-state index in [9.17, 15) is 18.0 Å². The van der Waals surface area contributed by atoms with Gasteiger partial charge in [0.25, 0.3) is 0 Å². The second kappa shape index (κ2) is 6.04. The molecule has 0 fully saturated rings. The van der Waals surface area contributed by atoms with Gasteiger partial charge in [0.2, 0.25) is 5.91 Å². The number of carbonyl (C=O) groups is 1. The summed E-state index contributed by atoms with van der Waals surface area (Å²) >= 11 is 0. The van der Waals surface area contributed by atoms with Crippen molar-refractivity contribution in [3.05, 3.63) is 35.9 Å². The molecule has 0 aliphatic heterocycles. The molecule has 0 saturated heterocycles. The molecule has 0 radical (unpaired) electrons. The van der Waals surface area contributed by atoms with Crippen LogP contribution >= 0.6 is 0 Å². The lowest BCUT2D eigenvalue weighted by molar-refractivity contribution is -0.121. The van der Waals surface area contributed by atoms with Gasteiger partial charge in [-0.3, -0.25) is 10.2 Å². The third-order valence-electron chi connectivity index (χ3n) is 2.04. The number of nitrogens with one attached hydrogen (secondary N) is 2. The first-order valence-corrected chi connectivity index (χ1v) is 5.09. The molecule has 2 N–H and O–H groups in total. The molecule has 4 nitrogen and oxygen atoms in total. The first kappa shape index (κ1) is 14.0. The van der Waals surface area contributed by atoms with Gasteiger partial charge in [-0.25, -0.2) is 5.53 Å². The van der Waals surface area contributed by atoms with Crippen molar-refractivity contribution in [1.82, 2.24) is 11.0 Å². The number of hydrogen-bond donors (Lipinski definition) is 2. The minimum atomic E-state index is -4.50. The number of halogens is 3. The monoisotopic (exact) mass is 259 g/mol. The summed E-state index contributed by atoms with van der Waals surface area (Å²) < 4.78 is 36.1. The molecule has 0 heterocycles. The molecule has 0 aliphatic rings. The minimum absolute atomic E-state index is 0.0639. The summed E-state index contributed by atoms with van der Waals surface area (Å²) in [5.74, 6) is -0.472. The van der Waals surface area contributed by atoms with Gasteiger partial charge in [-0.2, -0.15) is 18.3 Å². The first-order valence-electron chi connectivity index (χ1n) is 5.09. The van der Waals surface area contributed by atoms with Gasteiger partial charge in [0.05, 0.1) is 6.42 Å². The van der Waals surface area contributed by atoms with E-state index in [0.29, 0.717) is 0 Å². The summed E-state index contributed by atoms with van der Waals surface area (Å²) in [5.41, 5.74) is 3.63. The summed E-state index contributed by atoms with van der Waals surface area (Å²) in [6.07, 6.45) is -4.44. The van der Waals surface area contributed by atoms with Crippen LogP contribution in [0, 0.1) is 0 Å². The fraction of sp³-hybridized carbons (Fsp3) is 0.273. The first-order chi connectivity index (χ1) is 8.39. The predicted molar refractivity (Wildman–Crippen MR) is 60.6 cm³/mol. The Morgan fingerprint density at radius 3 is 2.44 bits per heavy atom. The molecule has 1 amide bonds. The Kier molecular flexibility index (Phi) is 4.70. The lowest BCUT2D eigenvalue weighted by Crippen LogP contribution is -2.36. The van der Waals surface area contributed by atoms with Crippen LogP contribution in [0.4, 0.5) is 13.2 Å². The molecule has 0 unspecified atom stereocenters. The van der Waals surface area contributed by atoms with Gasteiger partial charge in [-0.15, -0.1) is 0 Å². The van der Waals surface area contributed by atoms with Crippen molar-refractivity contribution < 1.29 is 18.0 Å². The largest absolute Gasteiger partial charge is 0.430 e. The average Bonchev–Trinajstić information content (AvgIpc) is 2.28. The second-order valence-corrected chi connectivity index (χ2v) is 3.52. The van der Waals surface area contributed by atoms with E-state index in [2.05, 4.69) is 10.5 Å². The van der Waals surface area contributed by atoms with E-state index in [1.807, 2.05) is 5.53 Å². The van der Waals surface area contributed by atoms with Crippen LogP contribution in [-0.4, -0.2) is 17.8 Å².